The van der Waals surface area contributed by atoms with E-state index in [1.165, 1.54) is 30.0 Å². The van der Waals surface area contributed by atoms with Crippen LogP contribution in [0.4, 0.5) is 17.6 Å². The topological polar surface area (TPSA) is 59.3 Å². The van der Waals surface area contributed by atoms with Gasteiger partial charge in [0.05, 0.1) is 0 Å². The molecule has 0 fully saturated rings. The normalized spacial score (nSPS) is 12.6. The lowest BCUT2D eigenvalue weighted by Gasteiger charge is -2.16. The van der Waals surface area contributed by atoms with Crippen molar-refractivity contribution >= 4 is 29.4 Å². The largest absolute Gasteiger partial charge is 0.405 e. The zero-order chi connectivity index (χ0) is 22.8. The predicted octanol–water partition coefficient (Wildman–Crippen LogP) is 5.01. The van der Waals surface area contributed by atoms with E-state index >= 15 is 0 Å². The fourth-order valence-corrected chi connectivity index (χ4v) is 3.65. The molecule has 0 spiro atoms. The van der Waals surface area contributed by atoms with E-state index in [1.807, 2.05) is 43.5 Å². The number of rotatable bonds is 5. The number of hydrogen-bond donors (Lipinski definition) is 1. The van der Waals surface area contributed by atoms with Crippen molar-refractivity contribution in [2.24, 2.45) is 0 Å². The van der Waals surface area contributed by atoms with Gasteiger partial charge < -0.3 is 5.32 Å². The molecule has 3 rings (SSSR count). The van der Waals surface area contributed by atoms with Crippen LogP contribution in [0.2, 0.25) is 0 Å². The molecule has 164 valence electrons. The van der Waals surface area contributed by atoms with Crippen LogP contribution in [0.25, 0.3) is 11.7 Å². The second kappa shape index (κ2) is 8.70. The summed E-state index contributed by atoms with van der Waals surface area (Å²) in [5.41, 5.74) is 0.831. The Kier molecular flexibility index (Phi) is 6.40. The SMILES string of the molecule is CC(C)(C)c1nnc2ccc(Sc3ccc(F)cc3/C=C/C(=O)NCC(F)(F)F)cn12. The van der Waals surface area contributed by atoms with E-state index in [9.17, 15) is 22.4 Å². The highest BCUT2D eigenvalue weighted by Gasteiger charge is 2.27. The Morgan fingerprint density at radius 2 is 1.90 bits per heavy atom. The molecule has 1 amide bonds. The summed E-state index contributed by atoms with van der Waals surface area (Å²) in [6.07, 6.45) is -0.399. The minimum Gasteiger partial charge on any atom is -0.343 e. The van der Waals surface area contributed by atoms with E-state index in [1.54, 1.807) is 11.4 Å². The first kappa shape index (κ1) is 22.8. The predicted molar refractivity (Wildman–Crippen MR) is 110 cm³/mol. The number of carbonyl (C=O) groups is 1. The van der Waals surface area contributed by atoms with Gasteiger partial charge in [0.1, 0.15) is 18.2 Å². The lowest BCUT2D eigenvalue weighted by atomic mass is 9.96. The van der Waals surface area contributed by atoms with Crippen LogP contribution in [0, 0.1) is 5.82 Å². The zero-order valence-corrected chi connectivity index (χ0v) is 17.8. The van der Waals surface area contributed by atoms with E-state index < -0.39 is 24.4 Å². The highest BCUT2D eigenvalue weighted by molar-refractivity contribution is 7.99. The number of amides is 1. The summed E-state index contributed by atoms with van der Waals surface area (Å²) >= 11 is 1.32. The highest BCUT2D eigenvalue weighted by Crippen LogP contribution is 2.32. The van der Waals surface area contributed by atoms with Crippen LogP contribution in [0.3, 0.4) is 0 Å². The van der Waals surface area contributed by atoms with Crippen LogP contribution in [-0.2, 0) is 10.2 Å². The second-order valence-electron chi connectivity index (χ2n) is 7.82. The molecular weight excluding hydrogens is 432 g/mol. The molecule has 0 bridgehead atoms. The first-order valence-corrected chi connectivity index (χ1v) is 10.1. The standard InChI is InChI=1S/C21H20F4N4OS/c1-20(2,3)19-28-27-17-8-6-15(11-29(17)19)31-16-7-5-14(22)10-13(16)4-9-18(30)26-12-21(23,24)25/h4-11H,12H2,1-3H3,(H,26,30)/b9-4+. The van der Waals surface area contributed by atoms with Gasteiger partial charge in [0.2, 0.25) is 5.91 Å². The first-order valence-electron chi connectivity index (χ1n) is 9.28. The average Bonchev–Trinajstić information content (AvgIpc) is 3.09. The maximum absolute atomic E-state index is 13.8. The van der Waals surface area contributed by atoms with Gasteiger partial charge in [-0.3, -0.25) is 9.20 Å². The molecule has 0 unspecified atom stereocenters. The van der Waals surface area contributed by atoms with E-state index in [2.05, 4.69) is 10.2 Å². The van der Waals surface area contributed by atoms with Crippen molar-refractivity contribution < 1.29 is 22.4 Å². The summed E-state index contributed by atoms with van der Waals surface area (Å²) in [5, 5.41) is 10.2. The first-order chi connectivity index (χ1) is 14.4. The lowest BCUT2D eigenvalue weighted by molar-refractivity contribution is -0.135. The molecule has 10 heteroatoms. The third kappa shape index (κ3) is 6.06. The monoisotopic (exact) mass is 452 g/mol. The molecule has 1 aromatic carbocycles. The quantitative estimate of drug-likeness (QED) is 0.437. The molecule has 31 heavy (non-hydrogen) atoms. The van der Waals surface area contributed by atoms with Crippen LogP contribution >= 0.6 is 11.8 Å². The van der Waals surface area contributed by atoms with Gasteiger partial charge in [0, 0.05) is 27.5 Å². The van der Waals surface area contributed by atoms with Gasteiger partial charge in [-0.05, 0) is 42.0 Å². The number of halogens is 4. The van der Waals surface area contributed by atoms with Gasteiger partial charge in [-0.25, -0.2) is 4.39 Å². The van der Waals surface area contributed by atoms with E-state index in [0.29, 0.717) is 16.1 Å². The van der Waals surface area contributed by atoms with Gasteiger partial charge in [0.25, 0.3) is 0 Å². The minimum atomic E-state index is -4.50. The summed E-state index contributed by atoms with van der Waals surface area (Å²) in [6.45, 7) is 4.64. The van der Waals surface area contributed by atoms with E-state index in [-0.39, 0.29) is 5.41 Å². The molecule has 0 saturated heterocycles. The van der Waals surface area contributed by atoms with Gasteiger partial charge in [-0.1, -0.05) is 32.5 Å². The summed E-state index contributed by atoms with van der Waals surface area (Å²) in [7, 11) is 0. The number of fused-ring (bicyclic) bond motifs is 1. The van der Waals surface area contributed by atoms with Crippen LogP contribution in [0.5, 0.6) is 0 Å². The van der Waals surface area contributed by atoms with Crippen molar-refractivity contribution in [2.45, 2.75) is 42.2 Å². The molecule has 0 saturated carbocycles. The molecule has 3 aromatic rings. The van der Waals surface area contributed by atoms with Crippen molar-refractivity contribution in [3.63, 3.8) is 0 Å². The van der Waals surface area contributed by atoms with Crippen molar-refractivity contribution in [1.29, 1.82) is 0 Å². The number of pyridine rings is 1. The Labute approximate surface area is 180 Å². The summed E-state index contributed by atoms with van der Waals surface area (Å²) in [4.78, 5) is 13.1. The minimum absolute atomic E-state index is 0.226. The van der Waals surface area contributed by atoms with Gasteiger partial charge >= 0.3 is 6.18 Å². The Morgan fingerprint density at radius 1 is 1.16 bits per heavy atom. The highest BCUT2D eigenvalue weighted by atomic mass is 32.2. The number of alkyl halides is 3. The van der Waals surface area contributed by atoms with Crippen molar-refractivity contribution in [3.05, 3.63) is 59.8 Å². The third-order valence-electron chi connectivity index (χ3n) is 4.12. The maximum Gasteiger partial charge on any atom is 0.405 e. The van der Waals surface area contributed by atoms with E-state index in [0.717, 1.165) is 16.8 Å². The molecular formula is C21H20F4N4OS. The van der Waals surface area contributed by atoms with Crippen LogP contribution in [0.1, 0.15) is 32.2 Å². The molecule has 0 radical (unpaired) electrons. The Morgan fingerprint density at radius 3 is 2.58 bits per heavy atom. The number of hydrogen-bond acceptors (Lipinski definition) is 4. The Balaban J connectivity index is 1.85. The van der Waals surface area contributed by atoms with Gasteiger partial charge in [0.15, 0.2) is 5.65 Å². The van der Waals surface area contributed by atoms with Crippen molar-refractivity contribution in [3.8, 4) is 0 Å². The Hall–Kier alpha value is -2.88. The molecule has 0 aliphatic rings. The zero-order valence-electron chi connectivity index (χ0n) is 17.0. The smallest absolute Gasteiger partial charge is 0.343 e. The van der Waals surface area contributed by atoms with Crippen LogP contribution < -0.4 is 5.32 Å². The summed E-state index contributed by atoms with van der Waals surface area (Å²) < 4.78 is 52.3. The van der Waals surface area contributed by atoms with Gasteiger partial charge in [-0.2, -0.15) is 13.2 Å². The maximum atomic E-state index is 13.8. The fraction of sp³-hybridized carbons (Fsp3) is 0.286. The Bertz CT molecular complexity index is 1130. The third-order valence-corrected chi connectivity index (χ3v) is 5.19. The molecule has 1 N–H and O–H groups in total. The molecule has 0 atom stereocenters. The average molecular weight is 452 g/mol. The number of benzene rings is 1. The molecule has 2 aromatic heterocycles. The van der Waals surface area contributed by atoms with Crippen LogP contribution in [0.15, 0.2) is 52.4 Å². The van der Waals surface area contributed by atoms with Crippen LogP contribution in [-0.4, -0.2) is 33.2 Å². The summed E-state index contributed by atoms with van der Waals surface area (Å²) in [6, 6.07) is 7.70. The van der Waals surface area contributed by atoms with Gasteiger partial charge in [-0.15, -0.1) is 10.2 Å². The number of aromatic nitrogens is 3. The molecule has 5 nitrogen and oxygen atoms in total. The molecule has 2 heterocycles. The number of nitrogens with one attached hydrogen (secondary N) is 1. The number of nitrogens with zero attached hydrogens (tertiary/aromatic N) is 3. The summed E-state index contributed by atoms with van der Waals surface area (Å²) in [5.74, 6) is -0.659. The second-order valence-corrected chi connectivity index (χ2v) is 8.93. The van der Waals surface area contributed by atoms with Crippen molar-refractivity contribution in [1.82, 2.24) is 19.9 Å². The van der Waals surface area contributed by atoms with Crippen molar-refractivity contribution in [2.75, 3.05) is 6.54 Å². The molecule has 0 aliphatic heterocycles. The molecule has 0 aliphatic carbocycles. The lowest BCUT2D eigenvalue weighted by Crippen LogP contribution is -2.32. The van der Waals surface area contributed by atoms with E-state index in [4.69, 9.17) is 0 Å². The fourth-order valence-electron chi connectivity index (χ4n) is 2.72. The number of carbonyl (C=O) groups excluding carboxylic acids is 1.